The molecule has 1 aromatic heterocycles. The summed E-state index contributed by atoms with van der Waals surface area (Å²) in [7, 11) is 1.69. The Hall–Kier alpha value is -0.490. The second kappa shape index (κ2) is 11.2. The molecule has 0 aromatic carbocycles. The Bertz CT molecular complexity index is 346. The number of hydrogen-bond acceptors (Lipinski definition) is 4. The molecule has 0 saturated heterocycles. The minimum Gasteiger partial charge on any atom is -0.382 e. The normalized spacial score (nSPS) is 12.6. The van der Waals surface area contributed by atoms with E-state index < -0.39 is 0 Å². The molecule has 0 aliphatic carbocycles. The molecule has 0 aliphatic heterocycles. The fourth-order valence-electron chi connectivity index (χ4n) is 1.87. The number of ether oxygens (including phenoxy) is 2. The van der Waals surface area contributed by atoms with E-state index in [9.17, 15) is 0 Å². The molecule has 0 amide bonds. The molecule has 0 saturated carbocycles. The molecule has 1 N–H and O–H groups in total. The molecule has 0 aliphatic rings. The van der Waals surface area contributed by atoms with E-state index >= 15 is 0 Å². The maximum absolute atomic E-state index is 5.55. The highest BCUT2D eigenvalue weighted by atomic mass is 79.9. The SMILES string of the molecule is CCCNC(CCOCCOC)Cc1ccc(Br)cn1. The van der Waals surface area contributed by atoms with Gasteiger partial charge in [0, 0.05) is 42.5 Å². The number of halogens is 1. The smallest absolute Gasteiger partial charge is 0.0700 e. The summed E-state index contributed by atoms with van der Waals surface area (Å²) in [5, 5.41) is 3.56. The Kier molecular flexibility index (Phi) is 9.83. The van der Waals surface area contributed by atoms with Gasteiger partial charge in [0.1, 0.15) is 0 Å². The maximum Gasteiger partial charge on any atom is 0.0700 e. The Morgan fingerprint density at radius 2 is 2.15 bits per heavy atom. The van der Waals surface area contributed by atoms with Crippen molar-refractivity contribution < 1.29 is 9.47 Å². The van der Waals surface area contributed by atoms with Crippen molar-refractivity contribution in [3.8, 4) is 0 Å². The predicted octanol–water partition coefficient (Wildman–Crippen LogP) is 2.81. The van der Waals surface area contributed by atoms with Crippen LogP contribution in [0.15, 0.2) is 22.8 Å². The van der Waals surface area contributed by atoms with Crippen LogP contribution in [0.3, 0.4) is 0 Å². The zero-order valence-corrected chi connectivity index (χ0v) is 14.0. The fourth-order valence-corrected chi connectivity index (χ4v) is 2.11. The van der Waals surface area contributed by atoms with E-state index in [1.807, 2.05) is 12.3 Å². The molecule has 0 bridgehead atoms. The summed E-state index contributed by atoms with van der Waals surface area (Å²) in [6.07, 6.45) is 4.90. The van der Waals surface area contributed by atoms with E-state index in [0.717, 1.165) is 42.6 Å². The summed E-state index contributed by atoms with van der Waals surface area (Å²) in [5.74, 6) is 0. The van der Waals surface area contributed by atoms with Gasteiger partial charge in [-0.3, -0.25) is 4.98 Å². The Morgan fingerprint density at radius 1 is 1.30 bits per heavy atom. The van der Waals surface area contributed by atoms with Crippen LogP contribution in [-0.2, 0) is 15.9 Å². The van der Waals surface area contributed by atoms with Crippen molar-refractivity contribution in [1.29, 1.82) is 0 Å². The van der Waals surface area contributed by atoms with Crippen LogP contribution < -0.4 is 5.32 Å². The first-order chi connectivity index (χ1) is 9.76. The van der Waals surface area contributed by atoms with Crippen LogP contribution in [0, 0.1) is 0 Å². The van der Waals surface area contributed by atoms with Gasteiger partial charge >= 0.3 is 0 Å². The van der Waals surface area contributed by atoms with Gasteiger partial charge in [-0.15, -0.1) is 0 Å². The van der Waals surface area contributed by atoms with Crippen LogP contribution in [0.2, 0.25) is 0 Å². The average molecular weight is 345 g/mol. The van der Waals surface area contributed by atoms with E-state index in [1.54, 1.807) is 7.11 Å². The predicted molar refractivity (Wildman–Crippen MR) is 85.0 cm³/mol. The van der Waals surface area contributed by atoms with Gasteiger partial charge in [0.15, 0.2) is 0 Å². The molecular weight excluding hydrogens is 320 g/mol. The molecule has 114 valence electrons. The van der Waals surface area contributed by atoms with Gasteiger partial charge in [-0.05, 0) is 47.4 Å². The molecule has 5 heteroatoms. The van der Waals surface area contributed by atoms with Crippen LogP contribution >= 0.6 is 15.9 Å². The van der Waals surface area contributed by atoms with Crippen molar-refractivity contribution in [2.45, 2.75) is 32.2 Å². The average Bonchev–Trinajstić information content (AvgIpc) is 2.46. The number of nitrogens with zero attached hydrogens (tertiary/aromatic N) is 1. The van der Waals surface area contributed by atoms with Gasteiger partial charge in [0.05, 0.1) is 13.2 Å². The highest BCUT2D eigenvalue weighted by Gasteiger charge is 2.09. The fraction of sp³-hybridized carbons (Fsp3) is 0.667. The Balaban J connectivity index is 2.36. The summed E-state index contributed by atoms with van der Waals surface area (Å²) in [4.78, 5) is 4.44. The van der Waals surface area contributed by atoms with Gasteiger partial charge in [-0.2, -0.15) is 0 Å². The first kappa shape index (κ1) is 17.6. The number of rotatable bonds is 11. The molecule has 0 radical (unpaired) electrons. The zero-order chi connectivity index (χ0) is 14.6. The number of pyridine rings is 1. The summed E-state index contributed by atoms with van der Waals surface area (Å²) in [6.45, 7) is 5.27. The molecule has 0 spiro atoms. The van der Waals surface area contributed by atoms with Crippen molar-refractivity contribution in [3.63, 3.8) is 0 Å². The molecule has 1 unspecified atom stereocenters. The van der Waals surface area contributed by atoms with Crippen LogP contribution in [0.25, 0.3) is 0 Å². The number of nitrogens with one attached hydrogen (secondary N) is 1. The van der Waals surface area contributed by atoms with Gasteiger partial charge in [-0.25, -0.2) is 0 Å². The first-order valence-corrected chi connectivity index (χ1v) is 7.96. The summed E-state index contributed by atoms with van der Waals surface area (Å²) < 4.78 is 11.5. The first-order valence-electron chi connectivity index (χ1n) is 7.16. The molecule has 20 heavy (non-hydrogen) atoms. The van der Waals surface area contributed by atoms with E-state index in [0.29, 0.717) is 19.3 Å². The zero-order valence-electron chi connectivity index (χ0n) is 12.4. The van der Waals surface area contributed by atoms with Gasteiger partial charge in [-0.1, -0.05) is 6.92 Å². The minimum absolute atomic E-state index is 0.408. The van der Waals surface area contributed by atoms with Crippen molar-refractivity contribution >= 4 is 15.9 Å². The Labute approximate surface area is 130 Å². The number of aromatic nitrogens is 1. The molecule has 1 aromatic rings. The van der Waals surface area contributed by atoms with Crippen LogP contribution in [0.1, 0.15) is 25.5 Å². The summed E-state index contributed by atoms with van der Waals surface area (Å²) >= 11 is 3.41. The van der Waals surface area contributed by atoms with Gasteiger partial charge < -0.3 is 14.8 Å². The van der Waals surface area contributed by atoms with E-state index in [4.69, 9.17) is 9.47 Å². The monoisotopic (exact) mass is 344 g/mol. The largest absolute Gasteiger partial charge is 0.382 e. The van der Waals surface area contributed by atoms with Crippen LogP contribution in [-0.4, -0.2) is 44.5 Å². The summed E-state index contributed by atoms with van der Waals surface area (Å²) in [5.41, 5.74) is 1.11. The quantitative estimate of drug-likeness (QED) is 0.627. The standard InChI is InChI=1S/C15H25BrN2O2/c1-3-7-17-15(6-8-20-10-9-19-2)11-14-5-4-13(16)12-18-14/h4-5,12,15,17H,3,6-11H2,1-2H3. The second-order valence-corrected chi connectivity index (χ2v) is 5.63. The third-order valence-electron chi connectivity index (χ3n) is 2.97. The lowest BCUT2D eigenvalue weighted by molar-refractivity contribution is 0.0658. The van der Waals surface area contributed by atoms with Crippen LogP contribution in [0.4, 0.5) is 0 Å². The van der Waals surface area contributed by atoms with Crippen molar-refractivity contribution in [2.24, 2.45) is 0 Å². The van der Waals surface area contributed by atoms with Crippen LogP contribution in [0.5, 0.6) is 0 Å². The third-order valence-corrected chi connectivity index (χ3v) is 3.44. The van der Waals surface area contributed by atoms with E-state index in [2.05, 4.69) is 39.2 Å². The maximum atomic E-state index is 5.55. The summed E-state index contributed by atoms with van der Waals surface area (Å²) in [6, 6.07) is 4.51. The van der Waals surface area contributed by atoms with E-state index in [1.165, 1.54) is 0 Å². The van der Waals surface area contributed by atoms with Crippen molar-refractivity contribution in [2.75, 3.05) is 33.5 Å². The molecule has 0 fully saturated rings. The minimum atomic E-state index is 0.408. The molecule has 1 rings (SSSR count). The number of methoxy groups -OCH3 is 1. The highest BCUT2D eigenvalue weighted by molar-refractivity contribution is 9.10. The second-order valence-electron chi connectivity index (χ2n) is 4.72. The lowest BCUT2D eigenvalue weighted by Crippen LogP contribution is -2.33. The van der Waals surface area contributed by atoms with Crippen molar-refractivity contribution in [1.82, 2.24) is 10.3 Å². The molecule has 4 nitrogen and oxygen atoms in total. The molecule has 1 heterocycles. The molecule has 1 atom stereocenters. The Morgan fingerprint density at radius 3 is 2.80 bits per heavy atom. The van der Waals surface area contributed by atoms with Gasteiger partial charge in [0.25, 0.3) is 0 Å². The van der Waals surface area contributed by atoms with Gasteiger partial charge in [0.2, 0.25) is 0 Å². The number of hydrogen-bond donors (Lipinski definition) is 1. The third kappa shape index (κ3) is 7.94. The van der Waals surface area contributed by atoms with Crippen molar-refractivity contribution in [3.05, 3.63) is 28.5 Å². The molecular formula is C15H25BrN2O2. The lowest BCUT2D eigenvalue weighted by atomic mass is 10.1. The lowest BCUT2D eigenvalue weighted by Gasteiger charge is -2.18. The topological polar surface area (TPSA) is 43.4 Å². The highest BCUT2D eigenvalue weighted by Crippen LogP contribution is 2.10. The van der Waals surface area contributed by atoms with E-state index in [-0.39, 0.29) is 0 Å².